The van der Waals surface area contributed by atoms with Gasteiger partial charge in [-0.05, 0) is 69.8 Å². The number of likely N-dealkylation sites (tertiary alicyclic amines) is 1. The maximum Gasteiger partial charge on any atom is 0.337 e. The van der Waals surface area contributed by atoms with E-state index in [1.807, 2.05) is 6.07 Å². The van der Waals surface area contributed by atoms with Gasteiger partial charge in [-0.1, -0.05) is 0 Å². The first-order chi connectivity index (χ1) is 12.0. The molecule has 0 aromatic heterocycles. The molecule has 1 spiro atoms. The van der Waals surface area contributed by atoms with Gasteiger partial charge in [-0.25, -0.2) is 9.18 Å². The van der Waals surface area contributed by atoms with Crippen LogP contribution in [0.1, 0.15) is 53.6 Å². The standard InChI is InChI=1S/C20H27FN2O2/c1-22-8-5-16(12-20(22)6-3-7-20)23-9-4-14-10-15(19(24)25-2)11-18(21)17(14)13-23/h10-11,16H,3-9,12-13H2,1-2H3/t16-/m0/s1. The average molecular weight is 346 g/mol. The Morgan fingerprint density at radius 1 is 1.32 bits per heavy atom. The zero-order valence-corrected chi connectivity index (χ0v) is 15.2. The smallest absolute Gasteiger partial charge is 0.337 e. The lowest BCUT2D eigenvalue weighted by Gasteiger charge is -2.56. The van der Waals surface area contributed by atoms with Crippen molar-refractivity contribution in [2.45, 2.75) is 56.7 Å². The molecule has 4 rings (SSSR count). The minimum atomic E-state index is -0.466. The van der Waals surface area contributed by atoms with Crippen molar-refractivity contribution in [2.24, 2.45) is 0 Å². The van der Waals surface area contributed by atoms with Gasteiger partial charge in [-0.3, -0.25) is 4.90 Å². The molecule has 0 radical (unpaired) electrons. The molecular weight excluding hydrogens is 319 g/mol. The molecule has 0 unspecified atom stereocenters. The number of esters is 1. The maximum atomic E-state index is 14.6. The Morgan fingerprint density at radius 2 is 2.12 bits per heavy atom. The lowest BCUT2D eigenvalue weighted by molar-refractivity contribution is -0.0387. The van der Waals surface area contributed by atoms with E-state index in [1.165, 1.54) is 38.9 Å². The number of piperidine rings is 1. The molecule has 0 N–H and O–H groups in total. The van der Waals surface area contributed by atoms with Crippen LogP contribution in [0.2, 0.25) is 0 Å². The number of fused-ring (bicyclic) bond motifs is 1. The van der Waals surface area contributed by atoms with Crippen LogP contribution in [-0.2, 0) is 17.7 Å². The number of hydrogen-bond acceptors (Lipinski definition) is 4. The Bertz CT molecular complexity index is 687. The molecule has 1 aromatic rings. The van der Waals surface area contributed by atoms with Gasteiger partial charge in [-0.15, -0.1) is 0 Å². The van der Waals surface area contributed by atoms with Crippen LogP contribution in [0.5, 0.6) is 0 Å². The summed E-state index contributed by atoms with van der Waals surface area (Å²) in [6.07, 6.45) is 7.12. The summed E-state index contributed by atoms with van der Waals surface area (Å²) in [5, 5.41) is 0. The van der Waals surface area contributed by atoms with Crippen molar-refractivity contribution in [2.75, 3.05) is 27.2 Å². The molecule has 1 aliphatic carbocycles. The molecule has 2 aliphatic heterocycles. The summed E-state index contributed by atoms with van der Waals surface area (Å²) in [5.41, 5.74) is 2.44. The van der Waals surface area contributed by atoms with Crippen LogP contribution >= 0.6 is 0 Å². The molecule has 1 saturated carbocycles. The van der Waals surface area contributed by atoms with E-state index >= 15 is 0 Å². The number of halogens is 1. The van der Waals surface area contributed by atoms with E-state index < -0.39 is 5.97 Å². The number of rotatable bonds is 2. The Hall–Kier alpha value is -1.46. The van der Waals surface area contributed by atoms with Gasteiger partial charge in [-0.2, -0.15) is 0 Å². The van der Waals surface area contributed by atoms with Gasteiger partial charge in [0.1, 0.15) is 5.82 Å². The van der Waals surface area contributed by atoms with Gasteiger partial charge in [0.05, 0.1) is 12.7 Å². The fourth-order valence-electron chi connectivity index (χ4n) is 4.95. The van der Waals surface area contributed by atoms with Gasteiger partial charge < -0.3 is 9.64 Å². The molecule has 0 bridgehead atoms. The SMILES string of the molecule is COC(=O)c1cc(F)c2c(c1)CCN([C@H]1CCN(C)C3(CCC3)C1)C2. The largest absolute Gasteiger partial charge is 0.465 e. The minimum absolute atomic E-state index is 0.270. The van der Waals surface area contributed by atoms with Crippen LogP contribution in [0.25, 0.3) is 0 Å². The molecule has 25 heavy (non-hydrogen) atoms. The summed E-state index contributed by atoms with van der Waals surface area (Å²) in [6.45, 7) is 2.74. The molecule has 3 aliphatic rings. The number of methoxy groups -OCH3 is 1. The lowest BCUT2D eigenvalue weighted by atomic mass is 9.68. The maximum absolute atomic E-state index is 14.6. The molecule has 136 valence electrons. The first-order valence-corrected chi connectivity index (χ1v) is 9.37. The Labute approximate surface area is 148 Å². The first kappa shape index (κ1) is 17.0. The van der Waals surface area contributed by atoms with E-state index in [-0.39, 0.29) is 5.82 Å². The van der Waals surface area contributed by atoms with Crippen LogP contribution in [-0.4, -0.2) is 54.6 Å². The van der Waals surface area contributed by atoms with Gasteiger partial charge in [0.15, 0.2) is 0 Å². The van der Waals surface area contributed by atoms with Gasteiger partial charge in [0.2, 0.25) is 0 Å². The molecule has 5 heteroatoms. The van der Waals surface area contributed by atoms with Crippen molar-refractivity contribution in [1.82, 2.24) is 9.80 Å². The van der Waals surface area contributed by atoms with Crippen molar-refractivity contribution in [3.8, 4) is 0 Å². The van der Waals surface area contributed by atoms with Crippen LogP contribution in [0.15, 0.2) is 12.1 Å². The summed E-state index contributed by atoms with van der Waals surface area (Å²) >= 11 is 0. The van der Waals surface area contributed by atoms with Gasteiger partial charge in [0.25, 0.3) is 0 Å². The summed E-state index contributed by atoms with van der Waals surface area (Å²) < 4.78 is 19.3. The summed E-state index contributed by atoms with van der Waals surface area (Å²) in [4.78, 5) is 16.7. The van der Waals surface area contributed by atoms with Gasteiger partial charge >= 0.3 is 5.97 Å². The zero-order valence-electron chi connectivity index (χ0n) is 15.2. The quantitative estimate of drug-likeness (QED) is 0.771. The number of carbonyl (C=O) groups is 1. The van der Waals surface area contributed by atoms with Crippen molar-refractivity contribution in [3.05, 3.63) is 34.6 Å². The second-order valence-electron chi connectivity index (χ2n) is 7.95. The molecule has 2 heterocycles. The molecule has 4 nitrogen and oxygen atoms in total. The fourth-order valence-corrected chi connectivity index (χ4v) is 4.95. The van der Waals surface area contributed by atoms with Crippen molar-refractivity contribution in [3.63, 3.8) is 0 Å². The molecule has 2 fully saturated rings. The third kappa shape index (κ3) is 2.87. The second kappa shape index (κ2) is 6.36. The number of hydrogen-bond donors (Lipinski definition) is 0. The van der Waals surface area contributed by atoms with Crippen molar-refractivity contribution < 1.29 is 13.9 Å². The predicted octanol–water partition coefficient (Wildman–Crippen LogP) is 2.99. The number of nitrogens with zero attached hydrogens (tertiary/aromatic N) is 2. The number of carbonyl (C=O) groups excluding carboxylic acids is 1. The van der Waals surface area contributed by atoms with E-state index in [0.29, 0.717) is 23.7 Å². The third-order valence-electron chi connectivity index (χ3n) is 6.76. The van der Waals surface area contributed by atoms with E-state index in [9.17, 15) is 9.18 Å². The van der Waals surface area contributed by atoms with Crippen LogP contribution < -0.4 is 0 Å². The lowest BCUT2D eigenvalue weighted by Crippen LogP contribution is -2.60. The highest BCUT2D eigenvalue weighted by molar-refractivity contribution is 5.89. The van der Waals surface area contributed by atoms with E-state index in [0.717, 1.165) is 37.1 Å². The van der Waals surface area contributed by atoms with E-state index in [2.05, 4.69) is 16.8 Å². The van der Waals surface area contributed by atoms with Crippen molar-refractivity contribution >= 4 is 5.97 Å². The fraction of sp³-hybridized carbons (Fsp3) is 0.650. The molecule has 1 aromatic carbocycles. The minimum Gasteiger partial charge on any atom is -0.465 e. The monoisotopic (exact) mass is 346 g/mol. The summed E-state index contributed by atoms with van der Waals surface area (Å²) in [5.74, 6) is -0.736. The second-order valence-corrected chi connectivity index (χ2v) is 7.95. The van der Waals surface area contributed by atoms with E-state index in [4.69, 9.17) is 4.74 Å². The highest BCUT2D eigenvalue weighted by Gasteiger charge is 2.46. The summed E-state index contributed by atoms with van der Waals surface area (Å²) in [6, 6.07) is 3.68. The Morgan fingerprint density at radius 3 is 2.80 bits per heavy atom. The van der Waals surface area contributed by atoms with Crippen LogP contribution in [0.3, 0.4) is 0 Å². The normalized spacial score (nSPS) is 26.1. The topological polar surface area (TPSA) is 32.8 Å². The van der Waals surface area contributed by atoms with Crippen LogP contribution in [0, 0.1) is 5.82 Å². The Balaban J connectivity index is 1.52. The third-order valence-corrected chi connectivity index (χ3v) is 6.76. The van der Waals surface area contributed by atoms with Crippen molar-refractivity contribution in [1.29, 1.82) is 0 Å². The Kier molecular flexibility index (Phi) is 4.32. The number of benzene rings is 1. The number of ether oxygens (including phenoxy) is 1. The van der Waals surface area contributed by atoms with Gasteiger partial charge in [0, 0.05) is 30.2 Å². The highest BCUT2D eigenvalue weighted by atomic mass is 19.1. The van der Waals surface area contributed by atoms with Crippen LogP contribution in [0.4, 0.5) is 4.39 Å². The summed E-state index contributed by atoms with van der Waals surface area (Å²) in [7, 11) is 3.59. The molecule has 1 saturated heterocycles. The van der Waals surface area contributed by atoms with E-state index in [1.54, 1.807) is 0 Å². The highest BCUT2D eigenvalue weighted by Crippen LogP contribution is 2.45. The predicted molar refractivity (Wildman–Crippen MR) is 94.1 cm³/mol. The molecule has 1 atom stereocenters. The average Bonchev–Trinajstić information content (AvgIpc) is 2.59. The first-order valence-electron chi connectivity index (χ1n) is 9.37. The molecule has 0 amide bonds. The zero-order chi connectivity index (χ0) is 17.6. The molecular formula is C20H27FN2O2.